The van der Waals surface area contributed by atoms with E-state index in [9.17, 15) is 0 Å². The van der Waals surface area contributed by atoms with Crippen molar-refractivity contribution in [2.45, 2.75) is 26.3 Å². The molecule has 0 saturated carbocycles. The van der Waals surface area contributed by atoms with Gasteiger partial charge in [-0.15, -0.1) is 0 Å². The lowest BCUT2D eigenvalue weighted by atomic mass is 9.98. The summed E-state index contributed by atoms with van der Waals surface area (Å²) < 4.78 is 11.3. The van der Waals surface area contributed by atoms with Crippen LogP contribution in [0, 0.1) is 0 Å². The van der Waals surface area contributed by atoms with E-state index in [2.05, 4.69) is 6.07 Å². The molecule has 1 unspecified atom stereocenters. The van der Waals surface area contributed by atoms with Crippen LogP contribution in [0.25, 0.3) is 0 Å². The Hall–Kier alpha value is -2.00. The maximum atomic E-state index is 6.39. The molecule has 2 aromatic carbocycles. The summed E-state index contributed by atoms with van der Waals surface area (Å²) in [6.07, 6.45) is 0.722. The fourth-order valence-electron chi connectivity index (χ4n) is 2.39. The molecule has 0 fully saturated rings. The lowest BCUT2D eigenvalue weighted by Gasteiger charge is -2.18. The first kappa shape index (κ1) is 15.4. The fourth-order valence-corrected chi connectivity index (χ4v) is 2.39. The Bertz CT molecular complexity index is 569. The molecule has 0 aliphatic rings. The Morgan fingerprint density at radius 1 is 0.857 bits per heavy atom. The summed E-state index contributed by atoms with van der Waals surface area (Å²) in [7, 11) is 0. The van der Waals surface area contributed by atoms with E-state index >= 15 is 0 Å². The van der Waals surface area contributed by atoms with E-state index in [0.717, 1.165) is 29.0 Å². The fraction of sp³-hybridized carbons (Fsp3) is 0.333. The molecule has 0 aromatic heterocycles. The number of hydrogen-bond donors (Lipinski definition) is 1. The van der Waals surface area contributed by atoms with E-state index in [1.54, 1.807) is 0 Å². The van der Waals surface area contributed by atoms with Gasteiger partial charge >= 0.3 is 0 Å². The Labute approximate surface area is 126 Å². The first-order valence-corrected chi connectivity index (χ1v) is 7.44. The Kier molecular flexibility index (Phi) is 5.64. The summed E-state index contributed by atoms with van der Waals surface area (Å²) in [5.41, 5.74) is 8.54. The summed E-state index contributed by atoms with van der Waals surface area (Å²) >= 11 is 0. The molecule has 2 aromatic rings. The number of nitrogens with two attached hydrogens (primary N) is 1. The smallest absolute Gasteiger partial charge is 0.124 e. The molecule has 112 valence electrons. The quantitative estimate of drug-likeness (QED) is 0.843. The molecule has 21 heavy (non-hydrogen) atoms. The van der Waals surface area contributed by atoms with Crippen molar-refractivity contribution in [1.29, 1.82) is 0 Å². The molecule has 3 heteroatoms. The molecule has 0 spiro atoms. The van der Waals surface area contributed by atoms with Crippen molar-refractivity contribution in [3.8, 4) is 11.5 Å². The zero-order valence-electron chi connectivity index (χ0n) is 12.7. The van der Waals surface area contributed by atoms with Crippen LogP contribution >= 0.6 is 0 Å². The molecule has 0 amide bonds. The Morgan fingerprint density at radius 2 is 1.43 bits per heavy atom. The van der Waals surface area contributed by atoms with Gasteiger partial charge < -0.3 is 15.2 Å². The van der Waals surface area contributed by atoms with Gasteiger partial charge in [-0.1, -0.05) is 36.4 Å². The van der Waals surface area contributed by atoms with Gasteiger partial charge in [0.05, 0.1) is 13.2 Å². The van der Waals surface area contributed by atoms with Gasteiger partial charge in [0.1, 0.15) is 11.5 Å². The van der Waals surface area contributed by atoms with Gasteiger partial charge in [0.15, 0.2) is 0 Å². The number of rotatable bonds is 7. The number of benzene rings is 2. The normalized spacial score (nSPS) is 12.0. The first-order chi connectivity index (χ1) is 10.3. The van der Waals surface area contributed by atoms with Crippen molar-refractivity contribution in [3.05, 3.63) is 59.7 Å². The molecule has 0 aliphatic heterocycles. The second-order valence-electron chi connectivity index (χ2n) is 4.82. The van der Waals surface area contributed by atoms with Gasteiger partial charge in [0.25, 0.3) is 0 Å². The van der Waals surface area contributed by atoms with Gasteiger partial charge in [-0.2, -0.15) is 0 Å². The number of hydrogen-bond acceptors (Lipinski definition) is 3. The summed E-state index contributed by atoms with van der Waals surface area (Å²) in [5.74, 6) is 1.77. The minimum absolute atomic E-state index is 0.116. The van der Waals surface area contributed by atoms with Crippen molar-refractivity contribution < 1.29 is 9.47 Å². The Morgan fingerprint density at radius 3 is 2.14 bits per heavy atom. The van der Waals surface area contributed by atoms with Crippen LogP contribution < -0.4 is 15.2 Å². The third-order valence-electron chi connectivity index (χ3n) is 3.33. The monoisotopic (exact) mass is 285 g/mol. The van der Waals surface area contributed by atoms with E-state index in [4.69, 9.17) is 15.2 Å². The van der Waals surface area contributed by atoms with E-state index < -0.39 is 0 Å². The van der Waals surface area contributed by atoms with Crippen molar-refractivity contribution in [2.75, 3.05) is 13.2 Å². The molecule has 0 heterocycles. The molecule has 3 nitrogen and oxygen atoms in total. The Balaban J connectivity index is 2.20. The highest BCUT2D eigenvalue weighted by molar-refractivity contribution is 5.39. The van der Waals surface area contributed by atoms with Crippen LogP contribution in [-0.4, -0.2) is 13.2 Å². The van der Waals surface area contributed by atoms with Crippen LogP contribution in [-0.2, 0) is 6.42 Å². The van der Waals surface area contributed by atoms with E-state index in [1.807, 2.05) is 56.3 Å². The van der Waals surface area contributed by atoms with E-state index in [0.29, 0.717) is 13.2 Å². The van der Waals surface area contributed by atoms with Crippen LogP contribution in [0.15, 0.2) is 48.5 Å². The topological polar surface area (TPSA) is 44.5 Å². The van der Waals surface area contributed by atoms with Crippen molar-refractivity contribution >= 4 is 0 Å². The summed E-state index contributed by atoms with van der Waals surface area (Å²) in [6.45, 7) is 5.26. The number of para-hydroxylation sites is 2. The van der Waals surface area contributed by atoms with Gasteiger partial charge in [0.2, 0.25) is 0 Å². The lowest BCUT2D eigenvalue weighted by Crippen LogP contribution is -2.15. The zero-order valence-corrected chi connectivity index (χ0v) is 12.7. The van der Waals surface area contributed by atoms with E-state index in [1.165, 1.54) is 0 Å². The van der Waals surface area contributed by atoms with Crippen LogP contribution in [0.5, 0.6) is 11.5 Å². The summed E-state index contributed by atoms with van der Waals surface area (Å²) in [6, 6.07) is 15.9. The van der Waals surface area contributed by atoms with Crippen molar-refractivity contribution in [2.24, 2.45) is 5.73 Å². The second-order valence-corrected chi connectivity index (χ2v) is 4.82. The molecule has 2 N–H and O–H groups in total. The maximum Gasteiger partial charge on any atom is 0.124 e. The van der Waals surface area contributed by atoms with Gasteiger partial charge in [-0.25, -0.2) is 0 Å². The second kappa shape index (κ2) is 7.70. The van der Waals surface area contributed by atoms with Gasteiger partial charge in [0, 0.05) is 11.6 Å². The van der Waals surface area contributed by atoms with Crippen LogP contribution in [0.1, 0.15) is 31.0 Å². The predicted molar refractivity (Wildman–Crippen MR) is 85.9 cm³/mol. The van der Waals surface area contributed by atoms with Crippen LogP contribution in [0.3, 0.4) is 0 Å². The molecule has 1 atom stereocenters. The standard InChI is InChI=1S/C18H23NO2/c1-3-20-17-11-7-5-9-14(17)13-16(19)15-10-6-8-12-18(15)21-4-2/h5-12,16H,3-4,13,19H2,1-2H3. The molecule has 0 aliphatic carbocycles. The van der Waals surface area contributed by atoms with Crippen molar-refractivity contribution in [1.82, 2.24) is 0 Å². The van der Waals surface area contributed by atoms with Crippen LogP contribution in [0.4, 0.5) is 0 Å². The lowest BCUT2D eigenvalue weighted by molar-refractivity contribution is 0.330. The third-order valence-corrected chi connectivity index (χ3v) is 3.33. The highest BCUT2D eigenvalue weighted by Crippen LogP contribution is 2.29. The average molecular weight is 285 g/mol. The minimum Gasteiger partial charge on any atom is -0.494 e. The van der Waals surface area contributed by atoms with E-state index in [-0.39, 0.29) is 6.04 Å². The molecule has 0 bridgehead atoms. The molecule has 2 rings (SSSR count). The third kappa shape index (κ3) is 3.99. The first-order valence-electron chi connectivity index (χ1n) is 7.44. The molecule has 0 saturated heterocycles. The minimum atomic E-state index is -0.116. The molecular weight excluding hydrogens is 262 g/mol. The largest absolute Gasteiger partial charge is 0.494 e. The van der Waals surface area contributed by atoms with Crippen LogP contribution in [0.2, 0.25) is 0 Å². The van der Waals surface area contributed by atoms with Crippen molar-refractivity contribution in [3.63, 3.8) is 0 Å². The van der Waals surface area contributed by atoms with Gasteiger partial charge in [-0.05, 0) is 38.0 Å². The zero-order chi connectivity index (χ0) is 15.1. The highest BCUT2D eigenvalue weighted by atomic mass is 16.5. The SMILES string of the molecule is CCOc1ccccc1CC(N)c1ccccc1OCC. The summed E-state index contributed by atoms with van der Waals surface area (Å²) in [5, 5.41) is 0. The molecular formula is C18H23NO2. The average Bonchev–Trinajstić information content (AvgIpc) is 2.50. The summed E-state index contributed by atoms with van der Waals surface area (Å²) in [4.78, 5) is 0. The van der Waals surface area contributed by atoms with Gasteiger partial charge in [-0.3, -0.25) is 0 Å². The molecule has 0 radical (unpaired) electrons. The highest BCUT2D eigenvalue weighted by Gasteiger charge is 2.14. The number of ether oxygens (including phenoxy) is 2. The predicted octanol–water partition coefficient (Wildman–Crippen LogP) is 3.73. The maximum absolute atomic E-state index is 6.39.